The van der Waals surface area contributed by atoms with Gasteiger partial charge in [-0.25, -0.2) is 4.79 Å². The molecular weight excluding hydrogens is 515 g/mol. The van der Waals surface area contributed by atoms with Crippen molar-refractivity contribution in [2.45, 2.75) is 77.7 Å². The number of carbonyl (C=O) groups excluding carboxylic acids is 2. The maximum atomic E-state index is 12.6. The van der Waals surface area contributed by atoms with Crippen molar-refractivity contribution in [2.24, 2.45) is 34.5 Å². The lowest BCUT2D eigenvalue weighted by Crippen LogP contribution is -2.54. The summed E-state index contributed by atoms with van der Waals surface area (Å²) in [5.74, 6) is 3.62. The fourth-order valence-corrected chi connectivity index (χ4v) is 8.35. The number of ether oxygens (including phenoxy) is 2. The Morgan fingerprint density at radius 3 is 2.59 bits per heavy atom. The third-order valence-electron chi connectivity index (χ3n) is 9.80. The van der Waals surface area contributed by atoms with Crippen molar-refractivity contribution in [3.05, 3.63) is 27.8 Å². The van der Waals surface area contributed by atoms with Gasteiger partial charge in [0, 0.05) is 15.4 Å². The Bertz CT molecular complexity index is 882. The van der Waals surface area contributed by atoms with Gasteiger partial charge >= 0.3 is 5.97 Å². The van der Waals surface area contributed by atoms with E-state index in [0.29, 0.717) is 34.7 Å². The lowest BCUT2D eigenvalue weighted by molar-refractivity contribution is -0.164. The van der Waals surface area contributed by atoms with Crippen LogP contribution in [0.2, 0.25) is 0 Å². The summed E-state index contributed by atoms with van der Waals surface area (Å²) >= 11 is 2.25. The van der Waals surface area contributed by atoms with Gasteiger partial charge in [-0.2, -0.15) is 0 Å². The monoisotopic (exact) mass is 550 g/mol. The molecule has 0 radical (unpaired) electrons. The molecule has 1 aromatic rings. The fraction of sp³-hybridized carbons (Fsp3) is 0.704. The number of Topliss-reactive ketones (excluding diaryl/α,β-unsaturated/α-hetero) is 1. The molecule has 0 heterocycles. The summed E-state index contributed by atoms with van der Waals surface area (Å²) in [7, 11) is 0. The fourth-order valence-electron chi connectivity index (χ4n) is 7.99. The van der Waals surface area contributed by atoms with E-state index in [9.17, 15) is 9.59 Å². The summed E-state index contributed by atoms with van der Waals surface area (Å²) in [6, 6.07) is 7.70. The van der Waals surface area contributed by atoms with Crippen molar-refractivity contribution in [1.82, 2.24) is 0 Å². The highest BCUT2D eigenvalue weighted by Crippen LogP contribution is 2.65. The quantitative estimate of drug-likeness (QED) is 0.331. The van der Waals surface area contributed by atoms with Crippen LogP contribution in [0.5, 0.6) is 5.75 Å². The van der Waals surface area contributed by atoms with Gasteiger partial charge in [-0.3, -0.25) is 4.79 Å². The topological polar surface area (TPSA) is 52.6 Å². The summed E-state index contributed by atoms with van der Waals surface area (Å²) in [5.41, 5.74) is 0.282. The lowest BCUT2D eigenvalue weighted by Gasteiger charge is -2.60. The van der Waals surface area contributed by atoms with E-state index in [2.05, 4.69) is 36.4 Å². The van der Waals surface area contributed by atoms with Crippen molar-refractivity contribution >= 4 is 34.3 Å². The molecule has 5 heteroatoms. The van der Waals surface area contributed by atoms with Crippen LogP contribution in [0.3, 0.4) is 0 Å². The summed E-state index contributed by atoms with van der Waals surface area (Å²) in [5, 5.41) is 0. The van der Waals surface area contributed by atoms with E-state index < -0.39 is 0 Å². The average molecular weight is 550 g/mol. The van der Waals surface area contributed by atoms with Crippen molar-refractivity contribution in [1.29, 1.82) is 0 Å². The number of hydrogen-bond donors (Lipinski definition) is 0. The molecule has 0 bridgehead atoms. The molecule has 4 fully saturated rings. The average Bonchev–Trinajstić information content (AvgIpc) is 3.08. The Balaban J connectivity index is 1.18. The van der Waals surface area contributed by atoms with Crippen molar-refractivity contribution < 1.29 is 19.1 Å². The van der Waals surface area contributed by atoms with Crippen LogP contribution in [0.25, 0.3) is 0 Å². The number of rotatable bonds is 4. The molecule has 174 valence electrons. The van der Waals surface area contributed by atoms with Gasteiger partial charge in [0.1, 0.15) is 17.6 Å². The normalized spacial score (nSPS) is 40.7. The Hall–Kier alpha value is -1.11. The number of esters is 1. The number of halogens is 1. The SMILES string of the molecule is C[C@]12CC[C@H](OC(=O)COc3ccc(I)cc3)C[C@@H]1CC[C@@H]1[C@@H]2CC[C@]2(C)C(=O)CC[C@@H]12. The van der Waals surface area contributed by atoms with Gasteiger partial charge in [0.2, 0.25) is 0 Å². The number of carbonyl (C=O) groups is 2. The summed E-state index contributed by atoms with van der Waals surface area (Å²) in [6.07, 6.45) is 9.72. The van der Waals surface area contributed by atoms with Crippen LogP contribution in [0.4, 0.5) is 0 Å². The van der Waals surface area contributed by atoms with Gasteiger partial charge in [0.25, 0.3) is 0 Å². The molecule has 5 rings (SSSR count). The largest absolute Gasteiger partial charge is 0.482 e. The summed E-state index contributed by atoms with van der Waals surface area (Å²) in [4.78, 5) is 25.0. The second-order valence-corrected chi connectivity index (χ2v) is 12.4. The van der Waals surface area contributed by atoms with E-state index in [0.717, 1.165) is 48.0 Å². The predicted molar refractivity (Wildman–Crippen MR) is 131 cm³/mol. The molecule has 4 aliphatic carbocycles. The first kappa shape index (κ1) is 22.7. The molecular formula is C27H35IO4. The molecule has 0 aliphatic heterocycles. The highest BCUT2D eigenvalue weighted by atomic mass is 127. The number of benzene rings is 1. The molecule has 0 saturated heterocycles. The van der Waals surface area contributed by atoms with Crippen LogP contribution in [-0.4, -0.2) is 24.5 Å². The van der Waals surface area contributed by atoms with Gasteiger partial charge < -0.3 is 9.47 Å². The summed E-state index contributed by atoms with van der Waals surface area (Å²) < 4.78 is 12.6. The van der Waals surface area contributed by atoms with Gasteiger partial charge in [-0.1, -0.05) is 13.8 Å². The van der Waals surface area contributed by atoms with Crippen molar-refractivity contribution in [3.63, 3.8) is 0 Å². The van der Waals surface area contributed by atoms with Gasteiger partial charge in [0.15, 0.2) is 6.61 Å². The van der Waals surface area contributed by atoms with Crippen LogP contribution in [-0.2, 0) is 14.3 Å². The smallest absolute Gasteiger partial charge is 0.344 e. The molecule has 0 spiro atoms. The Labute approximate surface area is 205 Å². The van der Waals surface area contributed by atoms with Crippen LogP contribution in [0.1, 0.15) is 71.6 Å². The Morgan fingerprint density at radius 2 is 1.81 bits per heavy atom. The minimum absolute atomic E-state index is 0.0133. The van der Waals surface area contributed by atoms with Crippen molar-refractivity contribution in [3.8, 4) is 5.75 Å². The molecule has 4 aliphatic rings. The lowest BCUT2D eigenvalue weighted by atomic mass is 9.45. The highest BCUT2D eigenvalue weighted by molar-refractivity contribution is 14.1. The third kappa shape index (κ3) is 3.90. The van der Waals surface area contributed by atoms with E-state index in [1.165, 1.54) is 19.3 Å². The zero-order valence-electron chi connectivity index (χ0n) is 19.3. The number of fused-ring (bicyclic) bond motifs is 5. The maximum Gasteiger partial charge on any atom is 0.344 e. The number of hydrogen-bond acceptors (Lipinski definition) is 4. The Morgan fingerprint density at radius 1 is 1.03 bits per heavy atom. The first-order valence-electron chi connectivity index (χ1n) is 12.4. The predicted octanol–water partition coefficient (Wildman–Crippen LogP) is 6.19. The minimum Gasteiger partial charge on any atom is -0.482 e. The Kier molecular flexibility index (Phi) is 6.09. The van der Waals surface area contributed by atoms with Gasteiger partial charge in [0.05, 0.1) is 0 Å². The molecule has 0 aromatic heterocycles. The molecule has 0 amide bonds. The zero-order valence-corrected chi connectivity index (χ0v) is 21.4. The van der Waals surface area contributed by atoms with E-state index in [-0.39, 0.29) is 24.1 Å². The minimum atomic E-state index is -0.260. The zero-order chi connectivity index (χ0) is 22.5. The number of ketones is 1. The van der Waals surface area contributed by atoms with E-state index in [1.807, 2.05) is 24.3 Å². The first-order chi connectivity index (χ1) is 15.3. The van der Waals surface area contributed by atoms with Crippen LogP contribution >= 0.6 is 22.6 Å². The van der Waals surface area contributed by atoms with Crippen molar-refractivity contribution in [2.75, 3.05) is 6.61 Å². The molecule has 1 aromatic carbocycles. The maximum absolute atomic E-state index is 12.6. The first-order valence-corrected chi connectivity index (χ1v) is 13.5. The van der Waals surface area contributed by atoms with Crippen LogP contribution in [0.15, 0.2) is 24.3 Å². The molecule has 32 heavy (non-hydrogen) atoms. The summed E-state index contributed by atoms with van der Waals surface area (Å²) in [6.45, 7) is 4.73. The second kappa shape index (κ2) is 8.59. The van der Waals surface area contributed by atoms with Gasteiger partial charge in [-0.05, 0) is 127 Å². The molecule has 4 nitrogen and oxygen atoms in total. The third-order valence-corrected chi connectivity index (χ3v) is 10.5. The standard InChI is InChI=1S/C27H35IO4/c1-26-13-11-20(32-25(30)16-31-19-6-4-18(28)5-7-19)15-17(26)3-8-21-22-9-10-24(29)27(22,2)14-12-23(21)26/h4-7,17,20-23H,3,8-16H2,1-2H3/t17-,20-,21-,22-,23-,26-,27-/m0/s1. The van der Waals surface area contributed by atoms with E-state index in [1.54, 1.807) is 0 Å². The van der Waals surface area contributed by atoms with Crippen LogP contribution < -0.4 is 4.74 Å². The molecule has 4 saturated carbocycles. The molecule has 0 unspecified atom stereocenters. The van der Waals surface area contributed by atoms with Gasteiger partial charge in [-0.15, -0.1) is 0 Å². The van der Waals surface area contributed by atoms with E-state index in [4.69, 9.17) is 9.47 Å². The molecule has 0 N–H and O–H groups in total. The molecule has 7 atom stereocenters. The second-order valence-electron chi connectivity index (χ2n) is 11.2. The van der Waals surface area contributed by atoms with E-state index >= 15 is 0 Å². The van der Waals surface area contributed by atoms with Crippen LogP contribution in [0, 0.1) is 38.1 Å². The highest BCUT2D eigenvalue weighted by Gasteiger charge is 2.60.